The van der Waals surface area contributed by atoms with Gasteiger partial charge >= 0.3 is 0 Å². The Labute approximate surface area is 68.9 Å². The van der Waals surface area contributed by atoms with E-state index in [-0.39, 0.29) is 0 Å². The predicted molar refractivity (Wildman–Crippen MR) is 44.6 cm³/mol. The first kappa shape index (κ1) is 9.01. The number of rotatable bonds is 3. The number of methoxy groups -OCH3 is 1. The molecule has 2 heteroatoms. The summed E-state index contributed by atoms with van der Waals surface area (Å²) in [5.74, 6) is 0.742. The Bertz CT molecular complexity index is 93.0. The molecule has 0 N–H and O–H groups in total. The molecular weight excluding hydrogens is 140 g/mol. The zero-order chi connectivity index (χ0) is 8.10. The molecule has 1 fully saturated rings. The normalized spacial score (nSPS) is 32.2. The van der Waals surface area contributed by atoms with Crippen molar-refractivity contribution in [1.29, 1.82) is 0 Å². The number of ether oxygens (including phenoxy) is 2. The van der Waals surface area contributed by atoms with Crippen molar-refractivity contribution >= 4 is 0 Å². The van der Waals surface area contributed by atoms with Crippen molar-refractivity contribution in [1.82, 2.24) is 0 Å². The molecule has 0 aliphatic carbocycles. The fourth-order valence-corrected chi connectivity index (χ4v) is 1.45. The highest BCUT2D eigenvalue weighted by Crippen LogP contribution is 2.20. The second kappa shape index (κ2) is 4.73. The molecule has 0 aromatic carbocycles. The van der Waals surface area contributed by atoms with E-state index in [0.717, 1.165) is 25.6 Å². The van der Waals surface area contributed by atoms with Crippen molar-refractivity contribution in [2.45, 2.75) is 32.3 Å². The first-order chi connectivity index (χ1) is 5.33. The molecule has 2 atom stereocenters. The van der Waals surface area contributed by atoms with Crippen LogP contribution in [0.1, 0.15) is 26.2 Å². The van der Waals surface area contributed by atoms with Gasteiger partial charge < -0.3 is 9.47 Å². The summed E-state index contributed by atoms with van der Waals surface area (Å²) in [5, 5.41) is 0. The van der Waals surface area contributed by atoms with Gasteiger partial charge in [-0.25, -0.2) is 0 Å². The van der Waals surface area contributed by atoms with Crippen molar-refractivity contribution in [3.05, 3.63) is 0 Å². The molecule has 1 heterocycles. The van der Waals surface area contributed by atoms with E-state index in [4.69, 9.17) is 9.47 Å². The molecule has 66 valence electrons. The van der Waals surface area contributed by atoms with Gasteiger partial charge in [0.05, 0.1) is 6.10 Å². The summed E-state index contributed by atoms with van der Waals surface area (Å²) in [7, 11) is 1.76. The molecule has 2 nitrogen and oxygen atoms in total. The molecule has 0 saturated carbocycles. The van der Waals surface area contributed by atoms with Crippen molar-refractivity contribution < 1.29 is 9.47 Å². The molecule has 0 spiro atoms. The molecule has 0 radical (unpaired) electrons. The van der Waals surface area contributed by atoms with E-state index in [0.29, 0.717) is 6.10 Å². The Morgan fingerprint density at radius 2 is 2.27 bits per heavy atom. The van der Waals surface area contributed by atoms with Gasteiger partial charge in [-0.05, 0) is 32.1 Å². The second-order valence-corrected chi connectivity index (χ2v) is 3.37. The van der Waals surface area contributed by atoms with Crippen LogP contribution in [0.25, 0.3) is 0 Å². The zero-order valence-corrected chi connectivity index (χ0v) is 7.51. The Morgan fingerprint density at radius 1 is 1.45 bits per heavy atom. The van der Waals surface area contributed by atoms with E-state index in [1.807, 2.05) is 0 Å². The minimum Gasteiger partial charge on any atom is -0.385 e. The quantitative estimate of drug-likeness (QED) is 0.624. The van der Waals surface area contributed by atoms with Gasteiger partial charge in [-0.3, -0.25) is 0 Å². The van der Waals surface area contributed by atoms with Crippen LogP contribution in [0, 0.1) is 5.92 Å². The second-order valence-electron chi connectivity index (χ2n) is 3.37. The lowest BCUT2D eigenvalue weighted by atomic mass is 9.96. The molecule has 1 rings (SSSR count). The van der Waals surface area contributed by atoms with Crippen LogP contribution in [0.4, 0.5) is 0 Å². The van der Waals surface area contributed by atoms with E-state index >= 15 is 0 Å². The van der Waals surface area contributed by atoms with Gasteiger partial charge in [0, 0.05) is 20.3 Å². The Balaban J connectivity index is 2.07. The summed E-state index contributed by atoms with van der Waals surface area (Å²) < 4.78 is 10.5. The fraction of sp³-hybridized carbons (Fsp3) is 1.00. The Morgan fingerprint density at radius 3 is 2.82 bits per heavy atom. The van der Waals surface area contributed by atoms with Gasteiger partial charge in [0.15, 0.2) is 0 Å². The lowest BCUT2D eigenvalue weighted by molar-refractivity contribution is -0.0129. The fourth-order valence-electron chi connectivity index (χ4n) is 1.45. The molecule has 0 aromatic rings. The minimum atomic E-state index is 0.480. The van der Waals surface area contributed by atoms with Gasteiger partial charge in [-0.2, -0.15) is 0 Å². The van der Waals surface area contributed by atoms with Crippen LogP contribution in [0.5, 0.6) is 0 Å². The van der Waals surface area contributed by atoms with Crippen LogP contribution >= 0.6 is 0 Å². The summed E-state index contributed by atoms with van der Waals surface area (Å²) >= 11 is 0. The molecular formula is C9H18O2. The van der Waals surface area contributed by atoms with E-state index in [2.05, 4.69) is 6.92 Å². The number of hydrogen-bond donors (Lipinski definition) is 0. The summed E-state index contributed by atoms with van der Waals surface area (Å²) in [4.78, 5) is 0. The molecule has 1 aliphatic heterocycles. The first-order valence-electron chi connectivity index (χ1n) is 4.43. The molecule has 2 unspecified atom stereocenters. The number of hydrogen-bond acceptors (Lipinski definition) is 2. The third kappa shape index (κ3) is 3.21. The van der Waals surface area contributed by atoms with Crippen LogP contribution in [0.2, 0.25) is 0 Å². The molecule has 1 aliphatic rings. The average molecular weight is 158 g/mol. The Hall–Kier alpha value is -0.0800. The summed E-state index contributed by atoms with van der Waals surface area (Å²) in [6.07, 6.45) is 4.16. The van der Waals surface area contributed by atoms with Gasteiger partial charge in [0.25, 0.3) is 0 Å². The van der Waals surface area contributed by atoms with Gasteiger partial charge in [-0.15, -0.1) is 0 Å². The molecule has 1 saturated heterocycles. The van der Waals surface area contributed by atoms with Crippen LogP contribution in [-0.4, -0.2) is 26.4 Å². The van der Waals surface area contributed by atoms with Crippen molar-refractivity contribution in [2.75, 3.05) is 20.3 Å². The average Bonchev–Trinajstić information content (AvgIpc) is 2.04. The van der Waals surface area contributed by atoms with Gasteiger partial charge in [0.2, 0.25) is 0 Å². The maximum atomic E-state index is 5.53. The van der Waals surface area contributed by atoms with Crippen LogP contribution in [0.3, 0.4) is 0 Å². The summed E-state index contributed by atoms with van der Waals surface area (Å²) in [6.45, 7) is 3.96. The van der Waals surface area contributed by atoms with Gasteiger partial charge in [0.1, 0.15) is 0 Å². The maximum Gasteiger partial charge on any atom is 0.0547 e. The highest BCUT2D eigenvalue weighted by atomic mass is 16.5. The molecule has 0 aromatic heterocycles. The highest BCUT2D eigenvalue weighted by Gasteiger charge is 2.17. The lowest BCUT2D eigenvalue weighted by Crippen LogP contribution is -2.24. The molecule has 0 bridgehead atoms. The van der Waals surface area contributed by atoms with Crippen molar-refractivity contribution in [3.63, 3.8) is 0 Å². The highest BCUT2D eigenvalue weighted by molar-refractivity contribution is 4.67. The van der Waals surface area contributed by atoms with Gasteiger partial charge in [-0.1, -0.05) is 0 Å². The van der Waals surface area contributed by atoms with Crippen molar-refractivity contribution in [2.24, 2.45) is 5.92 Å². The van der Waals surface area contributed by atoms with Crippen LogP contribution < -0.4 is 0 Å². The first-order valence-corrected chi connectivity index (χ1v) is 4.43. The standard InChI is InChI=1S/C9H18O2/c1-8-3-4-9(7-11-8)5-6-10-2/h8-9H,3-7H2,1-2H3. The zero-order valence-electron chi connectivity index (χ0n) is 7.51. The Kier molecular flexibility index (Phi) is 3.87. The van der Waals surface area contributed by atoms with Crippen LogP contribution in [-0.2, 0) is 9.47 Å². The van der Waals surface area contributed by atoms with E-state index in [9.17, 15) is 0 Å². The third-order valence-electron chi connectivity index (χ3n) is 2.33. The molecule has 11 heavy (non-hydrogen) atoms. The van der Waals surface area contributed by atoms with Crippen LogP contribution in [0.15, 0.2) is 0 Å². The van der Waals surface area contributed by atoms with E-state index in [1.165, 1.54) is 12.8 Å². The maximum absolute atomic E-state index is 5.53. The monoisotopic (exact) mass is 158 g/mol. The SMILES string of the molecule is COCCC1CCC(C)OC1. The topological polar surface area (TPSA) is 18.5 Å². The van der Waals surface area contributed by atoms with E-state index < -0.39 is 0 Å². The molecule has 0 amide bonds. The lowest BCUT2D eigenvalue weighted by Gasteiger charge is -2.26. The van der Waals surface area contributed by atoms with E-state index in [1.54, 1.807) is 7.11 Å². The third-order valence-corrected chi connectivity index (χ3v) is 2.33. The summed E-state index contributed by atoms with van der Waals surface area (Å²) in [6, 6.07) is 0. The minimum absolute atomic E-state index is 0.480. The smallest absolute Gasteiger partial charge is 0.0547 e. The van der Waals surface area contributed by atoms with Crippen molar-refractivity contribution in [3.8, 4) is 0 Å². The largest absolute Gasteiger partial charge is 0.385 e. The predicted octanol–water partition coefficient (Wildman–Crippen LogP) is 1.84. The summed E-state index contributed by atoms with van der Waals surface area (Å²) in [5.41, 5.74) is 0.